The van der Waals surface area contributed by atoms with Gasteiger partial charge in [-0.3, -0.25) is 9.78 Å². The number of nitrogens with zero attached hydrogens (tertiary/aromatic N) is 2. The van der Waals surface area contributed by atoms with E-state index in [2.05, 4.69) is 45.2 Å². The summed E-state index contributed by atoms with van der Waals surface area (Å²) in [5.41, 5.74) is 2.36. The summed E-state index contributed by atoms with van der Waals surface area (Å²) in [7, 11) is 4.12. The minimum Gasteiger partial charge on any atom is -0.384 e. The lowest BCUT2D eigenvalue weighted by molar-refractivity contribution is 0.104. The number of hydrogen-bond acceptors (Lipinski definition) is 5. The number of fused-ring (bicyclic) bond motifs is 1. The third kappa shape index (κ3) is 4.26. The summed E-state index contributed by atoms with van der Waals surface area (Å²) in [6, 6.07) is 9.69. The number of benzene rings is 1. The molecule has 0 atom stereocenters. The molecule has 2 heterocycles. The first kappa shape index (κ1) is 18.0. The third-order valence-corrected chi connectivity index (χ3v) is 5.27. The zero-order valence-electron chi connectivity index (χ0n) is 14.3. The van der Waals surface area contributed by atoms with Crippen molar-refractivity contribution in [1.82, 2.24) is 9.88 Å². The summed E-state index contributed by atoms with van der Waals surface area (Å²) >= 11 is 4.98. The number of halogens is 1. The normalized spacial score (nSPS) is 11.2. The van der Waals surface area contributed by atoms with Gasteiger partial charge in [-0.1, -0.05) is 22.0 Å². The van der Waals surface area contributed by atoms with Crippen molar-refractivity contribution in [3.8, 4) is 0 Å². The Morgan fingerprint density at radius 3 is 2.88 bits per heavy atom. The maximum absolute atomic E-state index is 12.9. The number of ketones is 1. The second-order valence-corrected chi connectivity index (χ2v) is 7.96. The van der Waals surface area contributed by atoms with Crippen molar-refractivity contribution in [2.45, 2.75) is 6.42 Å². The molecule has 130 valence electrons. The smallest absolute Gasteiger partial charge is 0.206 e. The summed E-state index contributed by atoms with van der Waals surface area (Å²) in [6.07, 6.45) is 2.68. The van der Waals surface area contributed by atoms with Crippen molar-refractivity contribution in [3.05, 3.63) is 56.8 Å². The lowest BCUT2D eigenvalue weighted by Crippen LogP contribution is -2.17. The van der Waals surface area contributed by atoms with Crippen LogP contribution in [0.1, 0.15) is 21.7 Å². The Balaban J connectivity index is 1.99. The summed E-state index contributed by atoms with van der Waals surface area (Å²) in [5.74, 6) is 0.0134. The quantitative estimate of drug-likeness (QED) is 0.448. The highest BCUT2D eigenvalue weighted by atomic mass is 79.9. The number of pyridine rings is 1. The van der Waals surface area contributed by atoms with Gasteiger partial charge in [-0.15, -0.1) is 11.3 Å². The van der Waals surface area contributed by atoms with E-state index in [1.165, 1.54) is 11.3 Å². The molecule has 0 spiro atoms. The van der Waals surface area contributed by atoms with E-state index in [-0.39, 0.29) is 5.78 Å². The molecule has 0 unspecified atom stereocenters. The van der Waals surface area contributed by atoms with Gasteiger partial charge >= 0.3 is 0 Å². The number of hydrogen-bond donors (Lipinski definition) is 1. The zero-order valence-corrected chi connectivity index (χ0v) is 16.7. The fourth-order valence-corrected chi connectivity index (χ4v) is 3.72. The molecule has 0 bridgehead atoms. The van der Waals surface area contributed by atoms with Gasteiger partial charge in [0.05, 0.1) is 21.6 Å². The number of anilines is 1. The number of thiophene rings is 1. The molecule has 3 aromatic rings. The lowest BCUT2D eigenvalue weighted by atomic mass is 10.0. The van der Waals surface area contributed by atoms with E-state index in [1.807, 2.05) is 35.7 Å². The molecular weight excluding hydrogens is 398 g/mol. The summed E-state index contributed by atoms with van der Waals surface area (Å²) < 4.78 is 0.971. The van der Waals surface area contributed by atoms with Crippen molar-refractivity contribution in [1.29, 1.82) is 0 Å². The van der Waals surface area contributed by atoms with Gasteiger partial charge in [-0.05, 0) is 56.7 Å². The van der Waals surface area contributed by atoms with Crippen LogP contribution in [0.4, 0.5) is 5.69 Å². The molecule has 1 N–H and O–H groups in total. The van der Waals surface area contributed by atoms with Gasteiger partial charge in [0, 0.05) is 22.6 Å². The molecule has 0 amide bonds. The predicted octanol–water partition coefficient (Wildman–Crippen LogP) is 4.65. The lowest BCUT2D eigenvalue weighted by Gasteiger charge is -2.15. The van der Waals surface area contributed by atoms with E-state index in [1.54, 1.807) is 6.20 Å². The van der Waals surface area contributed by atoms with Gasteiger partial charge < -0.3 is 10.2 Å². The Labute approximate surface area is 160 Å². The largest absolute Gasteiger partial charge is 0.384 e. The first-order valence-corrected chi connectivity index (χ1v) is 9.78. The standard InChI is InChI=1S/C19H20BrN3OS/c1-23(2)9-4-8-21-18-14-11-13(20)6-7-16(14)22-12-15(18)19(24)17-5-3-10-25-17/h3,5-7,10-12H,4,8-9H2,1-2H3,(H,21,22). The van der Waals surface area contributed by atoms with E-state index in [4.69, 9.17) is 0 Å². The number of carbonyl (C=O) groups excluding carboxylic acids is 1. The molecule has 0 saturated heterocycles. The monoisotopic (exact) mass is 417 g/mol. The first-order chi connectivity index (χ1) is 12.1. The Kier molecular flexibility index (Phi) is 5.83. The van der Waals surface area contributed by atoms with Crippen LogP contribution < -0.4 is 5.32 Å². The Bertz CT molecular complexity index is 878. The van der Waals surface area contributed by atoms with E-state index in [9.17, 15) is 4.79 Å². The van der Waals surface area contributed by atoms with Crippen LogP contribution in [-0.4, -0.2) is 42.9 Å². The molecule has 0 aliphatic heterocycles. The molecule has 4 nitrogen and oxygen atoms in total. The minimum atomic E-state index is 0.0134. The molecule has 0 radical (unpaired) electrons. The number of nitrogens with one attached hydrogen (secondary N) is 1. The summed E-state index contributed by atoms with van der Waals surface area (Å²) in [5, 5.41) is 6.36. The van der Waals surface area contributed by atoms with Gasteiger partial charge in [-0.2, -0.15) is 0 Å². The van der Waals surface area contributed by atoms with Crippen LogP contribution in [0.5, 0.6) is 0 Å². The molecule has 6 heteroatoms. The Hall–Kier alpha value is -1.76. The molecule has 0 saturated carbocycles. The second-order valence-electron chi connectivity index (χ2n) is 6.10. The van der Waals surface area contributed by atoms with Crippen molar-refractivity contribution in [2.24, 2.45) is 0 Å². The van der Waals surface area contributed by atoms with Crippen molar-refractivity contribution in [2.75, 3.05) is 32.5 Å². The van der Waals surface area contributed by atoms with Gasteiger partial charge in [-0.25, -0.2) is 0 Å². The SMILES string of the molecule is CN(C)CCCNc1c(C(=O)c2cccs2)cnc2ccc(Br)cc12. The molecule has 3 rings (SSSR count). The highest BCUT2D eigenvalue weighted by Crippen LogP contribution is 2.30. The topological polar surface area (TPSA) is 45.2 Å². The van der Waals surface area contributed by atoms with E-state index in [0.29, 0.717) is 5.56 Å². The van der Waals surface area contributed by atoms with E-state index in [0.717, 1.165) is 45.5 Å². The average Bonchev–Trinajstić information content (AvgIpc) is 3.12. The van der Waals surface area contributed by atoms with Gasteiger partial charge in [0.15, 0.2) is 0 Å². The average molecular weight is 418 g/mol. The van der Waals surface area contributed by atoms with Crippen LogP contribution in [0.25, 0.3) is 10.9 Å². The van der Waals surface area contributed by atoms with Crippen LogP contribution in [0, 0.1) is 0 Å². The van der Waals surface area contributed by atoms with Crippen LogP contribution in [0.2, 0.25) is 0 Å². The maximum Gasteiger partial charge on any atom is 0.206 e. The van der Waals surface area contributed by atoms with Crippen LogP contribution >= 0.6 is 27.3 Å². The first-order valence-electron chi connectivity index (χ1n) is 8.11. The van der Waals surface area contributed by atoms with Gasteiger partial charge in [0.2, 0.25) is 5.78 Å². The molecule has 0 aliphatic rings. The fourth-order valence-electron chi connectivity index (χ4n) is 2.68. The fraction of sp³-hybridized carbons (Fsp3) is 0.263. The third-order valence-electron chi connectivity index (χ3n) is 3.90. The molecule has 2 aromatic heterocycles. The van der Waals surface area contributed by atoms with Crippen LogP contribution in [0.3, 0.4) is 0 Å². The Morgan fingerprint density at radius 1 is 1.32 bits per heavy atom. The highest BCUT2D eigenvalue weighted by Gasteiger charge is 2.18. The number of aromatic nitrogens is 1. The molecule has 1 aromatic carbocycles. The van der Waals surface area contributed by atoms with E-state index < -0.39 is 0 Å². The second kappa shape index (κ2) is 8.08. The Morgan fingerprint density at radius 2 is 2.16 bits per heavy atom. The van der Waals surface area contributed by atoms with Gasteiger partial charge in [0.1, 0.15) is 0 Å². The molecule has 0 fully saturated rings. The van der Waals surface area contributed by atoms with Crippen molar-refractivity contribution in [3.63, 3.8) is 0 Å². The predicted molar refractivity (Wildman–Crippen MR) is 109 cm³/mol. The van der Waals surface area contributed by atoms with Gasteiger partial charge in [0.25, 0.3) is 0 Å². The minimum absolute atomic E-state index is 0.0134. The van der Waals surface area contributed by atoms with Crippen LogP contribution in [-0.2, 0) is 0 Å². The summed E-state index contributed by atoms with van der Waals surface area (Å²) in [6.45, 7) is 1.79. The van der Waals surface area contributed by atoms with Crippen LogP contribution in [0.15, 0.2) is 46.4 Å². The molecule has 0 aliphatic carbocycles. The molecular formula is C19H20BrN3OS. The zero-order chi connectivity index (χ0) is 17.8. The highest BCUT2D eigenvalue weighted by molar-refractivity contribution is 9.10. The number of carbonyl (C=O) groups is 1. The maximum atomic E-state index is 12.9. The van der Waals surface area contributed by atoms with E-state index >= 15 is 0 Å². The number of rotatable bonds is 7. The van der Waals surface area contributed by atoms with Crippen molar-refractivity contribution < 1.29 is 4.79 Å². The van der Waals surface area contributed by atoms with Crippen molar-refractivity contribution >= 4 is 49.6 Å². The molecule has 25 heavy (non-hydrogen) atoms. The summed E-state index contributed by atoms with van der Waals surface area (Å²) in [4.78, 5) is 20.3.